The molecular weight excluding hydrogens is 230 g/mol. The lowest BCUT2D eigenvalue weighted by Gasteiger charge is -2.04. The SMILES string of the molecule is CCC(C)c1noc(-c2cc(OC)ccc2N)n1. The highest BCUT2D eigenvalue weighted by Gasteiger charge is 2.15. The monoisotopic (exact) mass is 247 g/mol. The summed E-state index contributed by atoms with van der Waals surface area (Å²) in [5, 5.41) is 3.98. The Morgan fingerprint density at radius 1 is 1.44 bits per heavy atom. The van der Waals surface area contributed by atoms with Gasteiger partial charge in [-0.05, 0) is 24.6 Å². The highest BCUT2D eigenvalue weighted by molar-refractivity contribution is 5.72. The third kappa shape index (κ3) is 2.30. The summed E-state index contributed by atoms with van der Waals surface area (Å²) in [7, 11) is 1.60. The summed E-state index contributed by atoms with van der Waals surface area (Å²) in [6.07, 6.45) is 0.965. The largest absolute Gasteiger partial charge is 0.497 e. The van der Waals surface area contributed by atoms with Crippen molar-refractivity contribution in [2.75, 3.05) is 12.8 Å². The Morgan fingerprint density at radius 3 is 2.89 bits per heavy atom. The number of benzene rings is 1. The van der Waals surface area contributed by atoms with Gasteiger partial charge in [-0.15, -0.1) is 0 Å². The Labute approximate surface area is 106 Å². The zero-order valence-corrected chi connectivity index (χ0v) is 10.8. The first-order valence-electron chi connectivity index (χ1n) is 5.93. The molecule has 0 aliphatic carbocycles. The van der Waals surface area contributed by atoms with Crippen LogP contribution < -0.4 is 10.5 Å². The summed E-state index contributed by atoms with van der Waals surface area (Å²) >= 11 is 0. The molecule has 2 rings (SSSR count). The molecule has 0 saturated heterocycles. The summed E-state index contributed by atoms with van der Waals surface area (Å²) < 4.78 is 10.4. The molecule has 0 spiro atoms. The second kappa shape index (κ2) is 5.08. The number of nitrogen functional groups attached to an aromatic ring is 1. The van der Waals surface area contributed by atoms with Crippen molar-refractivity contribution in [2.24, 2.45) is 0 Å². The van der Waals surface area contributed by atoms with Crippen molar-refractivity contribution in [3.63, 3.8) is 0 Å². The maximum absolute atomic E-state index is 5.91. The zero-order valence-electron chi connectivity index (χ0n) is 10.8. The van der Waals surface area contributed by atoms with Crippen LogP contribution in [0.4, 0.5) is 5.69 Å². The minimum absolute atomic E-state index is 0.273. The topological polar surface area (TPSA) is 74.2 Å². The van der Waals surface area contributed by atoms with Crippen LogP contribution in [0.25, 0.3) is 11.5 Å². The van der Waals surface area contributed by atoms with Crippen LogP contribution >= 0.6 is 0 Å². The molecule has 0 fully saturated rings. The molecule has 1 aromatic heterocycles. The normalized spacial score (nSPS) is 12.4. The Kier molecular flexibility index (Phi) is 3.50. The number of hydrogen-bond acceptors (Lipinski definition) is 5. The molecule has 1 atom stereocenters. The molecule has 2 aromatic rings. The van der Waals surface area contributed by atoms with Crippen molar-refractivity contribution < 1.29 is 9.26 Å². The third-order valence-electron chi connectivity index (χ3n) is 2.99. The van der Waals surface area contributed by atoms with Crippen molar-refractivity contribution in [1.29, 1.82) is 0 Å². The Balaban J connectivity index is 2.39. The fraction of sp³-hybridized carbons (Fsp3) is 0.385. The first-order chi connectivity index (χ1) is 8.65. The molecule has 18 heavy (non-hydrogen) atoms. The molecule has 0 aliphatic heterocycles. The predicted octanol–water partition coefficient (Wildman–Crippen LogP) is 2.84. The van der Waals surface area contributed by atoms with Crippen molar-refractivity contribution in [3.8, 4) is 17.2 Å². The van der Waals surface area contributed by atoms with Crippen LogP contribution in [-0.2, 0) is 0 Å². The van der Waals surface area contributed by atoms with E-state index >= 15 is 0 Å². The lowest BCUT2D eigenvalue weighted by Crippen LogP contribution is -1.95. The van der Waals surface area contributed by atoms with E-state index in [9.17, 15) is 0 Å². The van der Waals surface area contributed by atoms with Crippen LogP contribution in [0, 0.1) is 0 Å². The second-order valence-electron chi connectivity index (χ2n) is 4.22. The molecule has 1 aromatic carbocycles. The van der Waals surface area contributed by atoms with Crippen LogP contribution in [0.15, 0.2) is 22.7 Å². The maximum Gasteiger partial charge on any atom is 0.260 e. The van der Waals surface area contributed by atoms with E-state index in [-0.39, 0.29) is 5.92 Å². The molecule has 0 saturated carbocycles. The summed E-state index contributed by atoms with van der Waals surface area (Å²) in [5.74, 6) is 2.12. The highest BCUT2D eigenvalue weighted by Crippen LogP contribution is 2.29. The van der Waals surface area contributed by atoms with E-state index in [1.807, 2.05) is 0 Å². The number of ether oxygens (including phenoxy) is 1. The first-order valence-corrected chi connectivity index (χ1v) is 5.93. The van der Waals surface area contributed by atoms with Crippen LogP contribution in [-0.4, -0.2) is 17.3 Å². The minimum atomic E-state index is 0.273. The number of aromatic nitrogens is 2. The molecule has 1 heterocycles. The molecular formula is C13H17N3O2. The van der Waals surface area contributed by atoms with Gasteiger partial charge >= 0.3 is 0 Å². The molecule has 0 radical (unpaired) electrons. The second-order valence-corrected chi connectivity index (χ2v) is 4.22. The zero-order chi connectivity index (χ0) is 13.1. The Hall–Kier alpha value is -2.04. The standard InChI is InChI=1S/C13H17N3O2/c1-4-8(2)12-15-13(18-16-12)10-7-9(17-3)5-6-11(10)14/h5-8H,4,14H2,1-3H3. The maximum atomic E-state index is 5.91. The third-order valence-corrected chi connectivity index (χ3v) is 2.99. The summed E-state index contributed by atoms with van der Waals surface area (Å²) in [4.78, 5) is 4.37. The molecule has 0 amide bonds. The summed E-state index contributed by atoms with van der Waals surface area (Å²) in [6.45, 7) is 4.14. The van der Waals surface area contributed by atoms with Gasteiger partial charge in [0, 0.05) is 11.6 Å². The van der Waals surface area contributed by atoms with Crippen LogP contribution in [0.3, 0.4) is 0 Å². The van der Waals surface area contributed by atoms with Crippen molar-refractivity contribution in [2.45, 2.75) is 26.2 Å². The predicted molar refractivity (Wildman–Crippen MR) is 69.4 cm³/mol. The molecule has 0 bridgehead atoms. The van der Waals surface area contributed by atoms with Crippen LogP contribution in [0.1, 0.15) is 32.0 Å². The van der Waals surface area contributed by atoms with Gasteiger partial charge in [-0.3, -0.25) is 0 Å². The van der Waals surface area contributed by atoms with Crippen molar-refractivity contribution >= 4 is 5.69 Å². The summed E-state index contributed by atoms with van der Waals surface area (Å²) in [5.41, 5.74) is 7.21. The fourth-order valence-electron chi connectivity index (χ4n) is 1.57. The Morgan fingerprint density at radius 2 is 2.22 bits per heavy atom. The molecule has 96 valence electrons. The number of rotatable bonds is 4. The van der Waals surface area contributed by atoms with E-state index in [0.717, 1.165) is 6.42 Å². The van der Waals surface area contributed by atoms with E-state index in [0.29, 0.717) is 28.7 Å². The van der Waals surface area contributed by atoms with Crippen LogP contribution in [0.2, 0.25) is 0 Å². The van der Waals surface area contributed by atoms with Crippen molar-refractivity contribution in [3.05, 3.63) is 24.0 Å². The van der Waals surface area contributed by atoms with Gasteiger partial charge in [0.15, 0.2) is 5.82 Å². The minimum Gasteiger partial charge on any atom is -0.497 e. The number of nitrogens with zero attached hydrogens (tertiary/aromatic N) is 2. The van der Waals surface area contributed by atoms with Gasteiger partial charge in [-0.25, -0.2) is 0 Å². The lowest BCUT2D eigenvalue weighted by atomic mass is 10.1. The highest BCUT2D eigenvalue weighted by atomic mass is 16.5. The lowest BCUT2D eigenvalue weighted by molar-refractivity contribution is 0.410. The molecule has 0 aliphatic rings. The quantitative estimate of drug-likeness (QED) is 0.841. The number of nitrogens with two attached hydrogens (primary N) is 1. The Bertz CT molecular complexity index is 537. The van der Waals surface area contributed by atoms with Gasteiger partial charge in [0.05, 0.1) is 12.7 Å². The van der Waals surface area contributed by atoms with E-state index < -0.39 is 0 Å². The number of hydrogen-bond donors (Lipinski definition) is 1. The fourth-order valence-corrected chi connectivity index (χ4v) is 1.57. The summed E-state index contributed by atoms with van der Waals surface area (Å²) in [6, 6.07) is 5.36. The van der Waals surface area contributed by atoms with E-state index in [1.165, 1.54) is 0 Å². The average Bonchev–Trinajstić information content (AvgIpc) is 2.88. The van der Waals surface area contributed by atoms with Gasteiger partial charge in [0.1, 0.15) is 5.75 Å². The smallest absolute Gasteiger partial charge is 0.260 e. The van der Waals surface area contributed by atoms with Gasteiger partial charge in [-0.2, -0.15) is 4.98 Å². The van der Waals surface area contributed by atoms with Gasteiger partial charge in [0.2, 0.25) is 0 Å². The molecule has 1 unspecified atom stereocenters. The van der Waals surface area contributed by atoms with Gasteiger partial charge < -0.3 is 15.0 Å². The molecule has 2 N–H and O–H groups in total. The van der Waals surface area contributed by atoms with E-state index in [4.69, 9.17) is 15.0 Å². The van der Waals surface area contributed by atoms with E-state index in [1.54, 1.807) is 25.3 Å². The first kappa shape index (κ1) is 12.4. The van der Waals surface area contributed by atoms with E-state index in [2.05, 4.69) is 24.0 Å². The van der Waals surface area contributed by atoms with Crippen molar-refractivity contribution in [1.82, 2.24) is 10.1 Å². The number of anilines is 1. The van der Waals surface area contributed by atoms with Crippen LogP contribution in [0.5, 0.6) is 5.75 Å². The van der Waals surface area contributed by atoms with Gasteiger partial charge in [0.25, 0.3) is 5.89 Å². The van der Waals surface area contributed by atoms with Gasteiger partial charge in [-0.1, -0.05) is 19.0 Å². The molecule has 5 heteroatoms. The molecule has 5 nitrogen and oxygen atoms in total. The number of methoxy groups -OCH3 is 1. The average molecular weight is 247 g/mol.